The van der Waals surface area contributed by atoms with E-state index in [4.69, 9.17) is 0 Å². The van der Waals surface area contributed by atoms with E-state index in [9.17, 15) is 9.90 Å². The van der Waals surface area contributed by atoms with Crippen LogP contribution in [0, 0.1) is 47.3 Å². The number of carbonyl (C=O) groups is 1. The standard InChI is InChI=1S/C22H24N2O2/c25-17(9-24-6-5-11-3-1-2-4-16(11)24)23-10-22(26)20-13-8-14-18-12(13)7-15(20)19(18)21(14)22/h1-6,12-15,18-21,26H,7-10H2,(H,23,25). The Kier molecular flexibility index (Phi) is 2.39. The first-order valence-corrected chi connectivity index (χ1v) is 10.2. The lowest BCUT2D eigenvalue weighted by atomic mass is 9.56. The lowest BCUT2D eigenvalue weighted by molar-refractivity contribution is -0.137. The SMILES string of the molecule is O=C(Cn1ccc2ccccc21)NCC1(O)C2C3CC4C5C3CC2C5C41. The lowest BCUT2D eigenvalue weighted by Gasteiger charge is -2.51. The largest absolute Gasteiger partial charge is 0.387 e. The number of para-hydroxylation sites is 1. The number of nitrogens with zero attached hydrogens (tertiary/aromatic N) is 1. The quantitative estimate of drug-likeness (QED) is 0.891. The molecule has 2 bridgehead atoms. The van der Waals surface area contributed by atoms with Gasteiger partial charge in [0.15, 0.2) is 0 Å². The Labute approximate surface area is 152 Å². The molecular formula is C22H24N2O2. The third-order valence-corrected chi connectivity index (χ3v) is 9.08. The smallest absolute Gasteiger partial charge is 0.240 e. The summed E-state index contributed by atoms with van der Waals surface area (Å²) in [4.78, 5) is 12.6. The lowest BCUT2D eigenvalue weighted by Crippen LogP contribution is -2.59. The van der Waals surface area contributed by atoms with Crippen molar-refractivity contribution in [3.63, 3.8) is 0 Å². The van der Waals surface area contributed by atoms with Gasteiger partial charge >= 0.3 is 0 Å². The van der Waals surface area contributed by atoms with Crippen molar-refractivity contribution in [1.29, 1.82) is 0 Å². The Hall–Kier alpha value is -1.81. The van der Waals surface area contributed by atoms with Crippen LogP contribution in [0.2, 0.25) is 0 Å². The molecule has 134 valence electrons. The molecule has 2 aromatic rings. The number of aliphatic hydroxyl groups is 1. The molecule has 0 saturated heterocycles. The molecule has 4 nitrogen and oxygen atoms in total. The van der Waals surface area contributed by atoms with Gasteiger partial charge in [-0.15, -0.1) is 0 Å². The van der Waals surface area contributed by atoms with Gasteiger partial charge in [0, 0.05) is 18.3 Å². The fraction of sp³-hybridized carbons (Fsp3) is 0.591. The van der Waals surface area contributed by atoms with E-state index >= 15 is 0 Å². The van der Waals surface area contributed by atoms with E-state index in [0.717, 1.165) is 46.4 Å². The van der Waals surface area contributed by atoms with E-state index in [1.54, 1.807) is 0 Å². The van der Waals surface area contributed by atoms with Crippen molar-refractivity contribution in [3.05, 3.63) is 36.5 Å². The van der Waals surface area contributed by atoms with Gasteiger partial charge in [-0.3, -0.25) is 4.79 Å². The second-order valence-corrected chi connectivity index (χ2v) is 9.60. The number of benzene rings is 1. The number of amides is 1. The first-order valence-electron chi connectivity index (χ1n) is 10.2. The van der Waals surface area contributed by atoms with E-state index in [-0.39, 0.29) is 5.91 Å². The monoisotopic (exact) mass is 348 g/mol. The highest BCUT2D eigenvalue weighted by Crippen LogP contribution is 2.85. The molecule has 5 fully saturated rings. The molecule has 5 aliphatic carbocycles. The summed E-state index contributed by atoms with van der Waals surface area (Å²) in [5, 5.41) is 15.9. The summed E-state index contributed by atoms with van der Waals surface area (Å²) in [6.07, 6.45) is 4.70. The number of hydrogen-bond acceptors (Lipinski definition) is 2. The van der Waals surface area contributed by atoms with Crippen LogP contribution in [-0.2, 0) is 11.3 Å². The van der Waals surface area contributed by atoms with Crippen LogP contribution in [0.4, 0.5) is 0 Å². The summed E-state index contributed by atoms with van der Waals surface area (Å²) in [6, 6.07) is 10.2. The number of rotatable bonds is 4. The number of fused-ring (bicyclic) bond motifs is 3. The maximum absolute atomic E-state index is 12.6. The van der Waals surface area contributed by atoms with E-state index < -0.39 is 5.60 Å². The van der Waals surface area contributed by atoms with Gasteiger partial charge in [-0.1, -0.05) is 18.2 Å². The zero-order valence-electron chi connectivity index (χ0n) is 14.7. The first-order chi connectivity index (χ1) is 12.7. The molecule has 26 heavy (non-hydrogen) atoms. The molecule has 7 rings (SSSR count). The maximum Gasteiger partial charge on any atom is 0.240 e. The molecule has 4 heteroatoms. The summed E-state index contributed by atoms with van der Waals surface area (Å²) in [5.41, 5.74) is 0.459. The van der Waals surface area contributed by atoms with Crippen LogP contribution in [0.15, 0.2) is 36.5 Å². The van der Waals surface area contributed by atoms with E-state index in [1.807, 2.05) is 35.0 Å². The molecule has 5 aliphatic rings. The van der Waals surface area contributed by atoms with Gasteiger partial charge in [-0.25, -0.2) is 0 Å². The van der Waals surface area contributed by atoms with E-state index in [0.29, 0.717) is 24.9 Å². The number of hydrogen-bond donors (Lipinski definition) is 2. The fourth-order valence-electron chi connectivity index (χ4n) is 8.69. The summed E-state index contributed by atoms with van der Waals surface area (Å²) in [7, 11) is 0. The minimum atomic E-state index is -0.626. The highest BCUT2D eigenvalue weighted by atomic mass is 16.3. The average molecular weight is 348 g/mol. The van der Waals surface area contributed by atoms with Crippen LogP contribution in [0.5, 0.6) is 0 Å². The molecule has 1 heterocycles. The predicted octanol–water partition coefficient (Wildman–Crippen LogP) is 2.27. The van der Waals surface area contributed by atoms with Crippen molar-refractivity contribution in [2.75, 3.05) is 6.54 Å². The first kappa shape index (κ1) is 14.3. The molecule has 9 unspecified atom stereocenters. The molecule has 2 N–H and O–H groups in total. The van der Waals surface area contributed by atoms with E-state index in [1.165, 1.54) is 12.8 Å². The van der Waals surface area contributed by atoms with Crippen molar-refractivity contribution < 1.29 is 9.90 Å². The van der Waals surface area contributed by atoms with Gasteiger partial charge in [-0.05, 0) is 77.7 Å². The third kappa shape index (κ3) is 1.41. The summed E-state index contributed by atoms with van der Waals surface area (Å²) >= 11 is 0. The Morgan fingerprint density at radius 1 is 1.08 bits per heavy atom. The highest BCUT2D eigenvalue weighted by Gasteiger charge is 2.84. The van der Waals surface area contributed by atoms with Gasteiger partial charge in [0.1, 0.15) is 6.54 Å². The van der Waals surface area contributed by atoms with Gasteiger partial charge in [-0.2, -0.15) is 0 Å². The highest BCUT2D eigenvalue weighted by molar-refractivity contribution is 5.83. The van der Waals surface area contributed by atoms with Crippen LogP contribution < -0.4 is 5.32 Å². The zero-order chi connectivity index (χ0) is 17.2. The van der Waals surface area contributed by atoms with Crippen molar-refractivity contribution in [2.45, 2.75) is 25.0 Å². The molecule has 0 aliphatic heterocycles. The number of aromatic nitrogens is 1. The van der Waals surface area contributed by atoms with Crippen molar-refractivity contribution in [2.24, 2.45) is 47.3 Å². The second-order valence-electron chi connectivity index (χ2n) is 9.60. The minimum Gasteiger partial charge on any atom is -0.387 e. The Bertz CT molecular complexity index is 945. The zero-order valence-corrected chi connectivity index (χ0v) is 14.7. The van der Waals surface area contributed by atoms with Crippen molar-refractivity contribution in [3.8, 4) is 0 Å². The Morgan fingerprint density at radius 2 is 1.88 bits per heavy atom. The molecule has 5 saturated carbocycles. The summed E-state index contributed by atoms with van der Waals surface area (Å²) in [6.45, 7) is 0.781. The average Bonchev–Trinajstić information content (AvgIpc) is 3.28. The Morgan fingerprint density at radius 3 is 2.81 bits per heavy atom. The molecule has 9 atom stereocenters. The topological polar surface area (TPSA) is 54.3 Å². The predicted molar refractivity (Wildman–Crippen MR) is 97.1 cm³/mol. The molecule has 1 amide bonds. The number of nitrogens with one attached hydrogen (secondary N) is 1. The minimum absolute atomic E-state index is 0.0121. The van der Waals surface area contributed by atoms with Gasteiger partial charge in [0.05, 0.1) is 5.60 Å². The van der Waals surface area contributed by atoms with Crippen molar-refractivity contribution in [1.82, 2.24) is 9.88 Å². The third-order valence-electron chi connectivity index (χ3n) is 9.08. The summed E-state index contributed by atoms with van der Waals surface area (Å²) < 4.78 is 2.00. The van der Waals surface area contributed by atoms with Crippen LogP contribution in [0.3, 0.4) is 0 Å². The van der Waals surface area contributed by atoms with Gasteiger partial charge in [0.2, 0.25) is 5.91 Å². The molecule has 1 aromatic carbocycles. The molecule has 0 spiro atoms. The second kappa shape index (κ2) is 4.36. The normalized spacial score (nSPS) is 48.5. The maximum atomic E-state index is 12.6. The number of carbonyl (C=O) groups excluding carboxylic acids is 1. The molecular weight excluding hydrogens is 324 g/mol. The molecule has 0 radical (unpaired) electrons. The fourth-order valence-corrected chi connectivity index (χ4v) is 8.69. The molecule has 1 aromatic heterocycles. The van der Waals surface area contributed by atoms with E-state index in [2.05, 4.69) is 11.4 Å². The van der Waals surface area contributed by atoms with Crippen LogP contribution in [0.25, 0.3) is 10.9 Å². The van der Waals surface area contributed by atoms with Crippen LogP contribution in [0.1, 0.15) is 12.8 Å². The van der Waals surface area contributed by atoms with Gasteiger partial charge < -0.3 is 15.0 Å². The summed E-state index contributed by atoms with van der Waals surface area (Å²) in [5.74, 6) is 5.84. The van der Waals surface area contributed by atoms with Crippen molar-refractivity contribution >= 4 is 16.8 Å². The van der Waals surface area contributed by atoms with Crippen LogP contribution in [-0.4, -0.2) is 27.7 Å². The Balaban J connectivity index is 1.10. The van der Waals surface area contributed by atoms with Crippen LogP contribution >= 0.6 is 0 Å². The van der Waals surface area contributed by atoms with Gasteiger partial charge in [0.25, 0.3) is 0 Å².